The smallest absolute Gasteiger partial charge is 0.123 e. The van der Waals surface area contributed by atoms with E-state index in [0.29, 0.717) is 5.92 Å². The Morgan fingerprint density at radius 2 is 2.19 bits per heavy atom. The molecule has 2 aliphatic rings. The molecule has 86 valence electrons. The molecule has 1 heterocycles. The van der Waals surface area contributed by atoms with Crippen molar-refractivity contribution in [1.82, 2.24) is 5.32 Å². The summed E-state index contributed by atoms with van der Waals surface area (Å²) in [4.78, 5) is 1.27. The van der Waals surface area contributed by atoms with Crippen molar-refractivity contribution in [2.75, 3.05) is 12.3 Å². The summed E-state index contributed by atoms with van der Waals surface area (Å²) in [5.74, 6) is 1.57. The topological polar surface area (TPSA) is 12.0 Å². The molecular formula is C13H16FNS. The van der Waals surface area contributed by atoms with E-state index in [0.717, 1.165) is 18.3 Å². The van der Waals surface area contributed by atoms with E-state index in [-0.39, 0.29) is 5.82 Å². The number of hydrogen-bond donors (Lipinski definition) is 1. The van der Waals surface area contributed by atoms with Gasteiger partial charge in [-0.05, 0) is 54.7 Å². The highest BCUT2D eigenvalue weighted by Gasteiger charge is 2.25. The first-order chi connectivity index (χ1) is 7.83. The SMILES string of the molecule is Fc1ccc2c(c1)C(CNC1CC1)CCS2. The van der Waals surface area contributed by atoms with Gasteiger partial charge in [-0.2, -0.15) is 0 Å². The lowest BCUT2D eigenvalue weighted by Crippen LogP contribution is -2.25. The average molecular weight is 237 g/mol. The van der Waals surface area contributed by atoms with Crippen LogP contribution < -0.4 is 5.32 Å². The van der Waals surface area contributed by atoms with E-state index in [1.165, 1.54) is 29.7 Å². The van der Waals surface area contributed by atoms with Crippen LogP contribution in [0.15, 0.2) is 23.1 Å². The summed E-state index contributed by atoms with van der Waals surface area (Å²) in [5, 5.41) is 3.55. The van der Waals surface area contributed by atoms with E-state index in [1.807, 2.05) is 17.8 Å². The van der Waals surface area contributed by atoms with E-state index in [9.17, 15) is 4.39 Å². The summed E-state index contributed by atoms with van der Waals surface area (Å²) >= 11 is 1.86. The van der Waals surface area contributed by atoms with Gasteiger partial charge in [0.25, 0.3) is 0 Å². The molecular weight excluding hydrogens is 221 g/mol. The van der Waals surface area contributed by atoms with Gasteiger partial charge in [0.2, 0.25) is 0 Å². The molecule has 0 aromatic heterocycles. The molecule has 0 saturated heterocycles. The molecule has 16 heavy (non-hydrogen) atoms. The van der Waals surface area contributed by atoms with Crippen LogP contribution in [-0.4, -0.2) is 18.3 Å². The maximum absolute atomic E-state index is 13.2. The lowest BCUT2D eigenvalue weighted by Gasteiger charge is -2.25. The Bertz CT molecular complexity index is 390. The Morgan fingerprint density at radius 1 is 1.31 bits per heavy atom. The summed E-state index contributed by atoms with van der Waals surface area (Å²) in [6, 6.07) is 5.97. The van der Waals surface area contributed by atoms with Crippen molar-refractivity contribution in [3.63, 3.8) is 0 Å². The number of benzene rings is 1. The van der Waals surface area contributed by atoms with Crippen molar-refractivity contribution in [2.45, 2.75) is 36.1 Å². The molecule has 0 spiro atoms. The van der Waals surface area contributed by atoms with Gasteiger partial charge in [0, 0.05) is 17.5 Å². The zero-order valence-corrected chi connectivity index (χ0v) is 10.0. The zero-order chi connectivity index (χ0) is 11.0. The predicted molar refractivity (Wildman–Crippen MR) is 65.5 cm³/mol. The second kappa shape index (κ2) is 4.38. The highest BCUT2D eigenvalue weighted by atomic mass is 32.2. The monoisotopic (exact) mass is 237 g/mol. The van der Waals surface area contributed by atoms with Crippen LogP contribution in [0.25, 0.3) is 0 Å². The van der Waals surface area contributed by atoms with Gasteiger partial charge in [-0.15, -0.1) is 11.8 Å². The molecule has 0 radical (unpaired) electrons. The van der Waals surface area contributed by atoms with Crippen molar-refractivity contribution in [3.05, 3.63) is 29.6 Å². The van der Waals surface area contributed by atoms with Crippen LogP contribution in [-0.2, 0) is 0 Å². The largest absolute Gasteiger partial charge is 0.313 e. The molecule has 1 aliphatic carbocycles. The highest BCUT2D eigenvalue weighted by Crippen LogP contribution is 2.37. The molecule has 1 fully saturated rings. The molecule has 1 aromatic carbocycles. The number of thioether (sulfide) groups is 1. The van der Waals surface area contributed by atoms with Crippen molar-refractivity contribution < 1.29 is 4.39 Å². The van der Waals surface area contributed by atoms with Crippen LogP contribution in [0.2, 0.25) is 0 Å². The lowest BCUT2D eigenvalue weighted by molar-refractivity contribution is 0.551. The van der Waals surface area contributed by atoms with Gasteiger partial charge in [-0.3, -0.25) is 0 Å². The van der Waals surface area contributed by atoms with E-state index < -0.39 is 0 Å². The lowest BCUT2D eigenvalue weighted by atomic mass is 9.95. The predicted octanol–water partition coefficient (Wildman–Crippen LogP) is 3.16. The van der Waals surface area contributed by atoms with Gasteiger partial charge >= 0.3 is 0 Å². The van der Waals surface area contributed by atoms with E-state index in [2.05, 4.69) is 5.32 Å². The molecule has 1 N–H and O–H groups in total. The molecule has 1 aromatic rings. The van der Waals surface area contributed by atoms with Gasteiger partial charge in [-0.25, -0.2) is 4.39 Å². The van der Waals surface area contributed by atoms with E-state index in [4.69, 9.17) is 0 Å². The highest BCUT2D eigenvalue weighted by molar-refractivity contribution is 7.99. The Kier molecular flexibility index (Phi) is 2.90. The first-order valence-electron chi connectivity index (χ1n) is 5.98. The standard InChI is InChI=1S/C13H16FNS/c14-10-1-4-13-12(7-10)9(5-6-16-13)8-15-11-2-3-11/h1,4,7,9,11,15H,2-3,5-6,8H2. The first kappa shape index (κ1) is 10.6. The van der Waals surface area contributed by atoms with Crippen molar-refractivity contribution in [3.8, 4) is 0 Å². The Balaban J connectivity index is 1.77. The van der Waals surface area contributed by atoms with E-state index in [1.54, 1.807) is 12.1 Å². The maximum atomic E-state index is 13.2. The quantitative estimate of drug-likeness (QED) is 0.866. The number of halogens is 1. The second-order valence-corrected chi connectivity index (χ2v) is 5.84. The number of nitrogens with one attached hydrogen (secondary N) is 1. The van der Waals surface area contributed by atoms with Crippen LogP contribution in [0.5, 0.6) is 0 Å². The molecule has 0 amide bonds. The zero-order valence-electron chi connectivity index (χ0n) is 9.21. The molecule has 1 unspecified atom stereocenters. The van der Waals surface area contributed by atoms with Crippen molar-refractivity contribution in [2.24, 2.45) is 0 Å². The van der Waals surface area contributed by atoms with Gasteiger partial charge in [-0.1, -0.05) is 0 Å². The fourth-order valence-electron chi connectivity index (χ4n) is 2.24. The molecule has 3 heteroatoms. The first-order valence-corrected chi connectivity index (χ1v) is 6.97. The molecule has 1 atom stereocenters. The van der Waals surface area contributed by atoms with Crippen molar-refractivity contribution in [1.29, 1.82) is 0 Å². The summed E-state index contributed by atoms with van der Waals surface area (Å²) in [6.45, 7) is 1.02. The van der Waals surface area contributed by atoms with Crippen LogP contribution >= 0.6 is 11.8 Å². The molecule has 3 rings (SSSR count). The van der Waals surface area contributed by atoms with Crippen LogP contribution in [0.4, 0.5) is 4.39 Å². The molecule has 1 nitrogen and oxygen atoms in total. The Morgan fingerprint density at radius 3 is 3.00 bits per heavy atom. The number of rotatable bonds is 3. The van der Waals surface area contributed by atoms with Gasteiger partial charge < -0.3 is 5.32 Å². The normalized spacial score (nSPS) is 24.2. The fraction of sp³-hybridized carbons (Fsp3) is 0.538. The minimum absolute atomic E-state index is 0.0994. The molecule has 1 aliphatic heterocycles. The van der Waals surface area contributed by atoms with E-state index >= 15 is 0 Å². The van der Waals surface area contributed by atoms with Crippen LogP contribution in [0, 0.1) is 5.82 Å². The van der Waals surface area contributed by atoms with Crippen LogP contribution in [0.1, 0.15) is 30.7 Å². The van der Waals surface area contributed by atoms with Crippen LogP contribution in [0.3, 0.4) is 0 Å². The molecule has 1 saturated carbocycles. The third kappa shape index (κ3) is 2.25. The second-order valence-electron chi connectivity index (χ2n) is 4.70. The van der Waals surface area contributed by atoms with Crippen molar-refractivity contribution >= 4 is 11.8 Å². The Labute approximate surface area is 99.8 Å². The maximum Gasteiger partial charge on any atom is 0.123 e. The average Bonchev–Trinajstić information content (AvgIpc) is 3.10. The summed E-state index contributed by atoms with van der Waals surface area (Å²) in [5.41, 5.74) is 1.21. The van der Waals surface area contributed by atoms with Gasteiger partial charge in [0.05, 0.1) is 0 Å². The number of hydrogen-bond acceptors (Lipinski definition) is 2. The Hall–Kier alpha value is -0.540. The summed E-state index contributed by atoms with van der Waals surface area (Å²) in [6.07, 6.45) is 3.80. The minimum atomic E-state index is -0.0994. The third-order valence-electron chi connectivity index (χ3n) is 3.37. The molecule has 0 bridgehead atoms. The summed E-state index contributed by atoms with van der Waals surface area (Å²) in [7, 11) is 0. The third-order valence-corrected chi connectivity index (χ3v) is 4.49. The number of fused-ring (bicyclic) bond motifs is 1. The summed E-state index contributed by atoms with van der Waals surface area (Å²) < 4.78 is 13.2. The minimum Gasteiger partial charge on any atom is -0.313 e. The fourth-order valence-corrected chi connectivity index (χ4v) is 3.42. The van der Waals surface area contributed by atoms with Gasteiger partial charge in [0.1, 0.15) is 5.82 Å². The van der Waals surface area contributed by atoms with Gasteiger partial charge in [0.15, 0.2) is 0 Å².